The number of hydrogen-bond donors (Lipinski definition) is 0. The smallest absolute Gasteiger partial charge is 0.226 e. The van der Waals surface area contributed by atoms with Crippen LogP contribution >= 0.6 is 0 Å². The first kappa shape index (κ1) is 26.4. The third-order valence-electron chi connectivity index (χ3n) is 7.79. The van der Waals surface area contributed by atoms with E-state index in [1.54, 1.807) is 13.2 Å². The molecule has 202 valence electrons. The van der Waals surface area contributed by atoms with Crippen molar-refractivity contribution in [3.8, 4) is 5.69 Å². The number of amides is 1. The second-order valence-electron chi connectivity index (χ2n) is 10.5. The van der Waals surface area contributed by atoms with Gasteiger partial charge >= 0.3 is 0 Å². The lowest BCUT2D eigenvalue weighted by molar-refractivity contribution is -0.133. The molecule has 1 aliphatic heterocycles. The number of hydrogen-bond acceptors (Lipinski definition) is 5. The summed E-state index contributed by atoms with van der Waals surface area (Å²) in [6.07, 6.45) is 1.66. The van der Waals surface area contributed by atoms with Gasteiger partial charge in [0, 0.05) is 57.9 Å². The summed E-state index contributed by atoms with van der Waals surface area (Å²) < 4.78 is 21.4. The average molecular weight is 520 g/mol. The summed E-state index contributed by atoms with van der Waals surface area (Å²) in [5.74, 6) is 1.14. The summed E-state index contributed by atoms with van der Waals surface area (Å²) in [6.45, 7) is 7.26. The molecule has 2 aromatic carbocycles. The van der Waals surface area contributed by atoms with Gasteiger partial charge in [0.05, 0.1) is 17.9 Å². The van der Waals surface area contributed by atoms with Crippen LogP contribution in [0.25, 0.3) is 5.69 Å². The number of nitrogens with zero attached hydrogens (tertiary/aromatic N) is 5. The van der Waals surface area contributed by atoms with Crippen molar-refractivity contribution >= 4 is 11.7 Å². The van der Waals surface area contributed by atoms with Gasteiger partial charge in [0.1, 0.15) is 11.6 Å². The van der Waals surface area contributed by atoms with E-state index in [2.05, 4.69) is 29.0 Å². The normalized spacial score (nSPS) is 19.5. The minimum Gasteiger partial charge on any atom is -0.385 e. The van der Waals surface area contributed by atoms with Gasteiger partial charge in [-0.05, 0) is 56.5 Å². The van der Waals surface area contributed by atoms with Crippen molar-refractivity contribution < 1.29 is 13.9 Å². The van der Waals surface area contributed by atoms with E-state index in [0.29, 0.717) is 25.4 Å². The van der Waals surface area contributed by atoms with E-state index in [0.717, 1.165) is 56.1 Å². The van der Waals surface area contributed by atoms with E-state index >= 15 is 0 Å². The van der Waals surface area contributed by atoms with E-state index in [-0.39, 0.29) is 23.6 Å². The molecule has 2 heterocycles. The molecule has 2 aliphatic rings. The maximum absolute atomic E-state index is 14.2. The van der Waals surface area contributed by atoms with Crippen LogP contribution in [0.1, 0.15) is 35.6 Å². The van der Waals surface area contributed by atoms with E-state index in [1.165, 1.54) is 17.7 Å². The van der Waals surface area contributed by atoms with Gasteiger partial charge in [0.25, 0.3) is 0 Å². The van der Waals surface area contributed by atoms with Gasteiger partial charge in [0.15, 0.2) is 0 Å². The molecule has 2 fully saturated rings. The highest BCUT2D eigenvalue weighted by Gasteiger charge is 2.45. The molecule has 8 heteroatoms. The van der Waals surface area contributed by atoms with Crippen LogP contribution in [0.2, 0.25) is 0 Å². The number of rotatable bonds is 10. The summed E-state index contributed by atoms with van der Waals surface area (Å²) in [7, 11) is 3.82. The minimum atomic E-state index is -0.293. The Bertz CT molecular complexity index is 1240. The molecule has 0 N–H and O–H groups in total. The Morgan fingerprint density at radius 1 is 1.11 bits per heavy atom. The fraction of sp³-hybridized carbons (Fsp3) is 0.467. The number of carbonyl (C=O) groups excluding carboxylic acids is 1. The number of piperazine rings is 1. The topological polar surface area (TPSA) is 53.8 Å². The molecule has 0 radical (unpaired) electrons. The van der Waals surface area contributed by atoms with Crippen molar-refractivity contribution in [1.82, 2.24) is 19.6 Å². The van der Waals surface area contributed by atoms with Gasteiger partial charge in [-0.15, -0.1) is 0 Å². The number of halogens is 1. The molecule has 38 heavy (non-hydrogen) atoms. The molecule has 0 spiro atoms. The molecule has 1 aliphatic carbocycles. The SMILES string of the molecule is COCCCN(Cc1c(C)nn(-c2cccc(F)c2)c1N1CCN(C)CC1)C(=O)[C@H]1C[C@H]1c1ccccc1. The van der Waals surface area contributed by atoms with Crippen molar-refractivity contribution in [3.63, 3.8) is 0 Å². The zero-order chi connectivity index (χ0) is 26.6. The predicted molar refractivity (Wildman–Crippen MR) is 147 cm³/mol. The fourth-order valence-electron chi connectivity index (χ4n) is 5.49. The molecule has 1 aromatic heterocycles. The van der Waals surface area contributed by atoms with Gasteiger partial charge in [0.2, 0.25) is 5.91 Å². The number of methoxy groups -OCH3 is 1. The molecule has 7 nitrogen and oxygen atoms in total. The van der Waals surface area contributed by atoms with Crippen LogP contribution in [-0.2, 0) is 16.1 Å². The van der Waals surface area contributed by atoms with Gasteiger partial charge in [-0.1, -0.05) is 36.4 Å². The standard InChI is InChI=1S/C30H38FN5O2/c1-22-28(21-35(13-8-18-38-3)30(37)27-20-26(27)23-9-5-4-6-10-23)29(34-16-14-33(2)15-17-34)36(32-22)25-12-7-11-24(31)19-25/h4-7,9-12,19,26-27H,8,13-18,20-21H2,1-3H3/t26-,27-/m0/s1. The van der Waals surface area contributed by atoms with E-state index in [9.17, 15) is 9.18 Å². The van der Waals surface area contributed by atoms with E-state index < -0.39 is 0 Å². The number of carbonyl (C=O) groups is 1. The molecule has 1 saturated heterocycles. The van der Waals surface area contributed by atoms with Crippen molar-refractivity contribution in [2.24, 2.45) is 5.92 Å². The molecule has 3 aromatic rings. The van der Waals surface area contributed by atoms with Crippen molar-refractivity contribution in [2.45, 2.75) is 32.2 Å². The molecule has 2 atom stereocenters. The van der Waals surface area contributed by atoms with Crippen LogP contribution < -0.4 is 4.90 Å². The molecule has 1 amide bonds. The lowest BCUT2D eigenvalue weighted by Gasteiger charge is -2.35. The first-order chi connectivity index (χ1) is 18.5. The second kappa shape index (κ2) is 11.7. The zero-order valence-corrected chi connectivity index (χ0v) is 22.6. The Balaban J connectivity index is 1.46. The summed E-state index contributed by atoms with van der Waals surface area (Å²) >= 11 is 0. The molecule has 0 bridgehead atoms. The van der Waals surface area contributed by atoms with Crippen LogP contribution in [-0.4, -0.2) is 79.0 Å². The highest BCUT2D eigenvalue weighted by atomic mass is 19.1. The monoisotopic (exact) mass is 519 g/mol. The van der Waals surface area contributed by atoms with Crippen molar-refractivity contribution in [2.75, 3.05) is 58.4 Å². The maximum atomic E-state index is 14.2. The first-order valence-corrected chi connectivity index (χ1v) is 13.6. The highest BCUT2D eigenvalue weighted by molar-refractivity contribution is 5.83. The number of aromatic nitrogens is 2. The Hall–Kier alpha value is -3.23. The van der Waals surface area contributed by atoms with Crippen LogP contribution in [0.15, 0.2) is 54.6 Å². The van der Waals surface area contributed by atoms with Crippen LogP contribution in [0.5, 0.6) is 0 Å². The summed E-state index contributed by atoms with van der Waals surface area (Å²) in [4.78, 5) is 20.5. The summed E-state index contributed by atoms with van der Waals surface area (Å²) in [5, 5.41) is 4.88. The summed E-state index contributed by atoms with van der Waals surface area (Å²) in [5.41, 5.74) is 3.82. The third-order valence-corrected chi connectivity index (χ3v) is 7.79. The minimum absolute atomic E-state index is 0.00519. The Labute approximate surface area is 224 Å². The Kier molecular flexibility index (Phi) is 8.09. The number of aryl methyl sites for hydroxylation is 1. The van der Waals surface area contributed by atoms with Crippen molar-refractivity contribution in [1.29, 1.82) is 0 Å². The summed E-state index contributed by atoms with van der Waals surface area (Å²) in [6, 6.07) is 16.9. The maximum Gasteiger partial charge on any atom is 0.226 e. The Morgan fingerprint density at radius 3 is 2.58 bits per heavy atom. The van der Waals surface area contributed by atoms with Crippen molar-refractivity contribution in [3.05, 3.63) is 77.2 Å². The third kappa shape index (κ3) is 5.76. The van der Waals surface area contributed by atoms with Crippen LogP contribution in [0.3, 0.4) is 0 Å². The van der Waals surface area contributed by atoms with Gasteiger partial charge in [-0.25, -0.2) is 9.07 Å². The van der Waals surface area contributed by atoms with Gasteiger partial charge < -0.3 is 19.4 Å². The molecule has 1 saturated carbocycles. The predicted octanol–water partition coefficient (Wildman–Crippen LogP) is 4.24. The van der Waals surface area contributed by atoms with Crippen LogP contribution in [0.4, 0.5) is 10.2 Å². The quantitative estimate of drug-likeness (QED) is 0.375. The van der Waals surface area contributed by atoms with Crippen LogP contribution in [0, 0.1) is 18.7 Å². The van der Waals surface area contributed by atoms with E-state index in [4.69, 9.17) is 9.84 Å². The van der Waals surface area contributed by atoms with Gasteiger partial charge in [-0.3, -0.25) is 4.79 Å². The largest absolute Gasteiger partial charge is 0.385 e. The Morgan fingerprint density at radius 2 is 1.87 bits per heavy atom. The van der Waals surface area contributed by atoms with Gasteiger partial charge in [-0.2, -0.15) is 5.10 Å². The molecule has 5 rings (SSSR count). The number of benzene rings is 2. The number of ether oxygens (including phenoxy) is 1. The average Bonchev–Trinajstić information content (AvgIpc) is 3.67. The second-order valence-corrected chi connectivity index (χ2v) is 10.5. The highest BCUT2D eigenvalue weighted by Crippen LogP contribution is 2.48. The molecular weight excluding hydrogens is 481 g/mol. The lowest BCUT2D eigenvalue weighted by Crippen LogP contribution is -2.45. The number of likely N-dealkylation sites (N-methyl/N-ethyl adjacent to an activating group) is 1. The molecular formula is C30H38FN5O2. The first-order valence-electron chi connectivity index (χ1n) is 13.6. The molecule has 0 unspecified atom stereocenters. The number of anilines is 1. The lowest BCUT2D eigenvalue weighted by atomic mass is 10.1. The zero-order valence-electron chi connectivity index (χ0n) is 22.6. The van der Waals surface area contributed by atoms with E-state index in [1.807, 2.05) is 40.8 Å². The fourth-order valence-corrected chi connectivity index (χ4v) is 5.49.